The van der Waals surface area contributed by atoms with E-state index in [9.17, 15) is 9.59 Å². The maximum Gasteiger partial charge on any atom is 0.260 e. The first-order valence-corrected chi connectivity index (χ1v) is 9.93. The summed E-state index contributed by atoms with van der Waals surface area (Å²) in [5.41, 5.74) is 1.65. The maximum atomic E-state index is 12.6. The summed E-state index contributed by atoms with van der Waals surface area (Å²) in [6, 6.07) is 17.0. The summed E-state index contributed by atoms with van der Waals surface area (Å²) >= 11 is 0. The van der Waals surface area contributed by atoms with Crippen LogP contribution in [0.25, 0.3) is 10.9 Å². The molecule has 2 heterocycles. The number of benzene rings is 2. The first-order valence-electron chi connectivity index (χ1n) is 9.93. The first kappa shape index (κ1) is 19.6. The molecule has 1 saturated heterocycles. The number of para-hydroxylation sites is 1. The molecule has 6 heteroatoms. The summed E-state index contributed by atoms with van der Waals surface area (Å²) < 4.78 is 7.78. The fraction of sp³-hybridized carbons (Fsp3) is 0.250. The van der Waals surface area contributed by atoms with E-state index in [2.05, 4.69) is 5.92 Å². The van der Waals surface area contributed by atoms with E-state index < -0.39 is 0 Å². The van der Waals surface area contributed by atoms with Gasteiger partial charge in [-0.1, -0.05) is 36.3 Å². The van der Waals surface area contributed by atoms with Crippen LogP contribution in [-0.4, -0.2) is 59.0 Å². The van der Waals surface area contributed by atoms with Crippen LogP contribution in [0.1, 0.15) is 10.4 Å². The van der Waals surface area contributed by atoms with Crippen LogP contribution in [0.2, 0.25) is 0 Å². The van der Waals surface area contributed by atoms with E-state index in [0.29, 0.717) is 44.0 Å². The molecule has 2 aromatic carbocycles. The Kier molecular flexibility index (Phi) is 5.71. The van der Waals surface area contributed by atoms with Gasteiger partial charge in [0.1, 0.15) is 5.75 Å². The highest BCUT2D eigenvalue weighted by molar-refractivity contribution is 5.94. The number of piperazine rings is 1. The molecule has 0 aliphatic carbocycles. The van der Waals surface area contributed by atoms with Gasteiger partial charge in [0.25, 0.3) is 11.8 Å². The fourth-order valence-corrected chi connectivity index (χ4v) is 3.71. The minimum absolute atomic E-state index is 0.000252. The van der Waals surface area contributed by atoms with Crippen LogP contribution in [0.5, 0.6) is 5.75 Å². The zero-order valence-corrected chi connectivity index (χ0v) is 16.7. The number of nitrogens with zero attached hydrogens (tertiary/aromatic N) is 3. The number of amides is 2. The summed E-state index contributed by atoms with van der Waals surface area (Å²) in [6.07, 6.45) is 7.29. The molecule has 0 bridgehead atoms. The van der Waals surface area contributed by atoms with Crippen molar-refractivity contribution < 1.29 is 14.3 Å². The van der Waals surface area contributed by atoms with Crippen molar-refractivity contribution in [3.05, 3.63) is 66.4 Å². The number of carbonyl (C=O) groups is 2. The second kappa shape index (κ2) is 8.75. The highest BCUT2D eigenvalue weighted by atomic mass is 16.5. The molecule has 0 saturated carbocycles. The summed E-state index contributed by atoms with van der Waals surface area (Å²) in [6.45, 7) is 2.42. The quantitative estimate of drug-likeness (QED) is 0.618. The lowest BCUT2D eigenvalue weighted by atomic mass is 10.2. The van der Waals surface area contributed by atoms with E-state index in [-0.39, 0.29) is 18.4 Å². The zero-order valence-electron chi connectivity index (χ0n) is 16.7. The van der Waals surface area contributed by atoms with Crippen molar-refractivity contribution in [2.24, 2.45) is 0 Å². The largest absolute Gasteiger partial charge is 0.482 e. The summed E-state index contributed by atoms with van der Waals surface area (Å²) in [7, 11) is 0. The smallest absolute Gasteiger partial charge is 0.260 e. The Morgan fingerprint density at radius 3 is 2.33 bits per heavy atom. The Hall–Kier alpha value is -3.72. The maximum absolute atomic E-state index is 12.6. The van der Waals surface area contributed by atoms with Crippen LogP contribution in [0.3, 0.4) is 0 Å². The molecule has 6 nitrogen and oxygen atoms in total. The summed E-state index contributed by atoms with van der Waals surface area (Å²) in [5.74, 6) is 3.19. The third-order valence-corrected chi connectivity index (χ3v) is 5.31. The molecule has 3 aromatic rings. The van der Waals surface area contributed by atoms with Gasteiger partial charge in [0.05, 0.1) is 12.1 Å². The lowest BCUT2D eigenvalue weighted by Gasteiger charge is -2.34. The van der Waals surface area contributed by atoms with Crippen molar-refractivity contribution in [2.45, 2.75) is 6.54 Å². The van der Waals surface area contributed by atoms with Crippen molar-refractivity contribution in [1.82, 2.24) is 14.4 Å². The molecule has 0 unspecified atom stereocenters. The Balaban J connectivity index is 1.34. The van der Waals surface area contributed by atoms with Crippen molar-refractivity contribution in [1.29, 1.82) is 0 Å². The third kappa shape index (κ3) is 4.01. The van der Waals surface area contributed by atoms with Crippen LogP contribution < -0.4 is 4.74 Å². The number of rotatable bonds is 5. The van der Waals surface area contributed by atoms with E-state index in [1.54, 1.807) is 9.80 Å². The molecule has 30 heavy (non-hydrogen) atoms. The van der Waals surface area contributed by atoms with Crippen molar-refractivity contribution in [2.75, 3.05) is 32.8 Å². The van der Waals surface area contributed by atoms with Gasteiger partial charge in [-0.2, -0.15) is 0 Å². The van der Waals surface area contributed by atoms with Gasteiger partial charge < -0.3 is 19.1 Å². The van der Waals surface area contributed by atoms with Crippen molar-refractivity contribution in [3.63, 3.8) is 0 Å². The number of hydrogen-bond donors (Lipinski definition) is 0. The number of terminal acetylenes is 1. The molecule has 4 rings (SSSR count). The van der Waals surface area contributed by atoms with E-state index in [1.165, 1.54) is 0 Å². The van der Waals surface area contributed by atoms with Gasteiger partial charge in [-0.05, 0) is 24.3 Å². The molecular weight excluding hydrogens is 378 g/mol. The van der Waals surface area contributed by atoms with E-state index in [4.69, 9.17) is 11.2 Å². The van der Waals surface area contributed by atoms with E-state index in [1.807, 2.05) is 65.4 Å². The third-order valence-electron chi connectivity index (χ3n) is 5.31. The number of ether oxygens (including phenoxy) is 1. The second-order valence-corrected chi connectivity index (χ2v) is 7.17. The van der Waals surface area contributed by atoms with E-state index in [0.717, 1.165) is 10.9 Å². The highest BCUT2D eigenvalue weighted by Gasteiger charge is 2.25. The molecule has 1 fully saturated rings. The number of aromatic nitrogens is 1. The molecule has 152 valence electrons. The molecule has 0 spiro atoms. The normalized spacial score (nSPS) is 13.8. The van der Waals surface area contributed by atoms with Gasteiger partial charge in [0.2, 0.25) is 0 Å². The van der Waals surface area contributed by atoms with Crippen LogP contribution in [0, 0.1) is 12.3 Å². The zero-order chi connectivity index (χ0) is 20.9. The van der Waals surface area contributed by atoms with Gasteiger partial charge in [-0.3, -0.25) is 9.59 Å². The Morgan fingerprint density at radius 2 is 1.60 bits per heavy atom. The monoisotopic (exact) mass is 401 g/mol. The standard InChI is InChI=1S/C24H23N3O3/c1-2-12-27-17-22(20-10-6-7-11-21(20)27)30-18-23(28)25-13-15-26(16-14-25)24(29)19-8-4-3-5-9-19/h1,3-11,17H,12-16,18H2. The molecule has 1 aliphatic heterocycles. The summed E-state index contributed by atoms with van der Waals surface area (Å²) in [4.78, 5) is 28.7. The molecule has 1 aromatic heterocycles. The Morgan fingerprint density at radius 1 is 0.933 bits per heavy atom. The number of carbonyl (C=O) groups excluding carboxylic acids is 2. The number of fused-ring (bicyclic) bond motifs is 1. The van der Waals surface area contributed by atoms with Crippen molar-refractivity contribution in [3.8, 4) is 18.1 Å². The van der Waals surface area contributed by atoms with Gasteiger partial charge in [0.15, 0.2) is 6.61 Å². The van der Waals surface area contributed by atoms with Crippen LogP contribution in [0.15, 0.2) is 60.8 Å². The van der Waals surface area contributed by atoms with Crippen LogP contribution in [0.4, 0.5) is 0 Å². The second-order valence-electron chi connectivity index (χ2n) is 7.17. The fourth-order valence-electron chi connectivity index (χ4n) is 3.71. The predicted octanol–water partition coefficient (Wildman–Crippen LogP) is 2.64. The molecule has 0 atom stereocenters. The van der Waals surface area contributed by atoms with Gasteiger partial charge in [-0.25, -0.2) is 0 Å². The lowest BCUT2D eigenvalue weighted by molar-refractivity contribution is -0.134. The van der Waals surface area contributed by atoms with Crippen molar-refractivity contribution >= 4 is 22.7 Å². The van der Waals surface area contributed by atoms with Crippen LogP contribution >= 0.6 is 0 Å². The molecule has 0 N–H and O–H groups in total. The molecule has 0 radical (unpaired) electrons. The van der Waals surface area contributed by atoms with Gasteiger partial charge >= 0.3 is 0 Å². The molecule has 1 aliphatic rings. The topological polar surface area (TPSA) is 54.8 Å². The first-order chi connectivity index (χ1) is 14.7. The number of hydrogen-bond acceptors (Lipinski definition) is 3. The average Bonchev–Trinajstić information content (AvgIpc) is 3.15. The summed E-state index contributed by atoms with van der Waals surface area (Å²) in [5, 5.41) is 0.929. The highest BCUT2D eigenvalue weighted by Crippen LogP contribution is 2.28. The molecular formula is C24H23N3O3. The minimum Gasteiger partial charge on any atom is -0.482 e. The SMILES string of the molecule is C#CCn1cc(OCC(=O)N2CCN(C(=O)c3ccccc3)CC2)c2ccccc21. The Labute approximate surface area is 175 Å². The predicted molar refractivity (Wildman–Crippen MR) is 115 cm³/mol. The van der Waals surface area contributed by atoms with Gasteiger partial charge in [-0.15, -0.1) is 6.42 Å². The minimum atomic E-state index is -0.0874. The Bertz CT molecular complexity index is 1090. The molecule has 2 amide bonds. The lowest BCUT2D eigenvalue weighted by Crippen LogP contribution is -2.51. The van der Waals surface area contributed by atoms with Crippen LogP contribution in [-0.2, 0) is 11.3 Å². The van der Waals surface area contributed by atoms with Gasteiger partial charge in [0, 0.05) is 43.3 Å². The average molecular weight is 401 g/mol. The van der Waals surface area contributed by atoms with E-state index >= 15 is 0 Å².